The summed E-state index contributed by atoms with van der Waals surface area (Å²) in [6.45, 7) is 0. The van der Waals surface area contributed by atoms with Crippen LogP contribution in [-0.2, 0) is 13.2 Å². The lowest BCUT2D eigenvalue weighted by Crippen LogP contribution is -2.13. The SMILES string of the molecule is Cn1nc(C(F)(F)F)cc1-c1ccc(NC(=O)c2cccc(Cl)c2)nc1N. The maximum absolute atomic E-state index is 12.8. The van der Waals surface area contributed by atoms with Crippen LogP contribution >= 0.6 is 11.6 Å². The molecular weight excluding hydrogens is 383 g/mol. The molecule has 3 rings (SSSR count). The monoisotopic (exact) mass is 395 g/mol. The zero-order chi connectivity index (χ0) is 19.8. The van der Waals surface area contributed by atoms with Crippen LogP contribution in [0.15, 0.2) is 42.5 Å². The van der Waals surface area contributed by atoms with Crippen LogP contribution in [0.2, 0.25) is 5.02 Å². The number of amides is 1. The topological polar surface area (TPSA) is 85.8 Å². The van der Waals surface area contributed by atoms with Crippen molar-refractivity contribution in [3.8, 4) is 11.3 Å². The van der Waals surface area contributed by atoms with Crippen molar-refractivity contribution in [1.82, 2.24) is 14.8 Å². The third-order valence-electron chi connectivity index (χ3n) is 3.70. The van der Waals surface area contributed by atoms with Gasteiger partial charge in [-0.3, -0.25) is 9.48 Å². The Labute approximate surface area is 156 Å². The summed E-state index contributed by atoms with van der Waals surface area (Å²) in [6.07, 6.45) is -4.57. The van der Waals surface area contributed by atoms with E-state index in [1.165, 1.54) is 25.2 Å². The van der Waals surface area contributed by atoms with E-state index in [1.807, 2.05) is 0 Å². The van der Waals surface area contributed by atoms with Gasteiger partial charge in [0.25, 0.3) is 5.91 Å². The van der Waals surface area contributed by atoms with E-state index >= 15 is 0 Å². The van der Waals surface area contributed by atoms with E-state index in [9.17, 15) is 18.0 Å². The Bertz CT molecular complexity index is 1020. The number of pyridine rings is 1. The molecule has 2 heterocycles. The second-order valence-electron chi connectivity index (χ2n) is 5.63. The van der Waals surface area contributed by atoms with Gasteiger partial charge in [-0.2, -0.15) is 18.3 Å². The highest BCUT2D eigenvalue weighted by Crippen LogP contribution is 2.33. The first kappa shape index (κ1) is 18.7. The molecular formula is C17H13ClF3N5O. The lowest BCUT2D eigenvalue weighted by atomic mass is 10.1. The van der Waals surface area contributed by atoms with Gasteiger partial charge in [-0.25, -0.2) is 4.98 Å². The summed E-state index contributed by atoms with van der Waals surface area (Å²) in [5.74, 6) is -0.341. The van der Waals surface area contributed by atoms with Crippen LogP contribution in [0.3, 0.4) is 0 Å². The van der Waals surface area contributed by atoms with Gasteiger partial charge in [-0.1, -0.05) is 17.7 Å². The van der Waals surface area contributed by atoms with E-state index < -0.39 is 17.8 Å². The number of nitrogen functional groups attached to an aromatic ring is 1. The fraction of sp³-hybridized carbons (Fsp3) is 0.118. The van der Waals surface area contributed by atoms with Gasteiger partial charge in [-0.05, 0) is 36.4 Å². The molecule has 0 aliphatic carbocycles. The van der Waals surface area contributed by atoms with Crippen molar-refractivity contribution in [3.05, 3.63) is 58.7 Å². The van der Waals surface area contributed by atoms with Crippen LogP contribution in [0.4, 0.5) is 24.8 Å². The van der Waals surface area contributed by atoms with Crippen molar-refractivity contribution < 1.29 is 18.0 Å². The van der Waals surface area contributed by atoms with Crippen LogP contribution in [-0.4, -0.2) is 20.7 Å². The van der Waals surface area contributed by atoms with Crippen LogP contribution in [0, 0.1) is 0 Å². The van der Waals surface area contributed by atoms with Gasteiger partial charge < -0.3 is 11.1 Å². The number of alkyl halides is 3. The average Bonchev–Trinajstić information content (AvgIpc) is 2.97. The number of nitrogens with one attached hydrogen (secondary N) is 1. The molecule has 6 nitrogen and oxygen atoms in total. The van der Waals surface area contributed by atoms with Crippen molar-refractivity contribution >= 4 is 29.1 Å². The van der Waals surface area contributed by atoms with Crippen molar-refractivity contribution in [3.63, 3.8) is 0 Å². The predicted octanol–water partition coefficient (Wildman–Crippen LogP) is 3.99. The third kappa shape index (κ3) is 4.03. The highest BCUT2D eigenvalue weighted by molar-refractivity contribution is 6.31. The molecule has 2 aromatic heterocycles. The standard InChI is InChI=1S/C17H13ClF3N5O/c1-26-12(8-13(25-26)17(19,20)21)11-5-6-14(23-15(11)22)24-16(27)9-3-2-4-10(18)7-9/h2-8H,1H3,(H3,22,23,24,27). The Kier molecular flexibility index (Phi) is 4.79. The molecule has 0 aliphatic heterocycles. The van der Waals surface area contributed by atoms with Gasteiger partial charge in [0.05, 0.1) is 5.69 Å². The molecule has 3 N–H and O–H groups in total. The fourth-order valence-electron chi connectivity index (χ4n) is 2.44. The van der Waals surface area contributed by atoms with Gasteiger partial charge in [0.2, 0.25) is 0 Å². The summed E-state index contributed by atoms with van der Waals surface area (Å²) in [6, 6.07) is 10.1. The lowest BCUT2D eigenvalue weighted by molar-refractivity contribution is -0.141. The minimum atomic E-state index is -4.57. The Morgan fingerprint density at radius 1 is 1.22 bits per heavy atom. The second kappa shape index (κ2) is 6.92. The maximum atomic E-state index is 12.8. The van der Waals surface area contributed by atoms with Gasteiger partial charge >= 0.3 is 6.18 Å². The number of hydrogen-bond donors (Lipinski definition) is 2. The van der Waals surface area contributed by atoms with Crippen molar-refractivity contribution in [2.75, 3.05) is 11.1 Å². The number of hydrogen-bond acceptors (Lipinski definition) is 4. The first-order valence-corrected chi connectivity index (χ1v) is 7.98. The molecule has 0 atom stereocenters. The molecule has 0 radical (unpaired) electrons. The highest BCUT2D eigenvalue weighted by Gasteiger charge is 2.35. The molecule has 27 heavy (non-hydrogen) atoms. The molecule has 0 unspecified atom stereocenters. The number of aromatic nitrogens is 3. The summed E-state index contributed by atoms with van der Waals surface area (Å²) in [5, 5.41) is 6.41. The summed E-state index contributed by atoms with van der Waals surface area (Å²) >= 11 is 5.85. The molecule has 0 bridgehead atoms. The number of anilines is 2. The third-order valence-corrected chi connectivity index (χ3v) is 3.93. The predicted molar refractivity (Wildman–Crippen MR) is 95.3 cm³/mol. The maximum Gasteiger partial charge on any atom is 0.435 e. The Morgan fingerprint density at radius 3 is 2.56 bits per heavy atom. The van der Waals surface area contributed by atoms with E-state index in [-0.39, 0.29) is 22.9 Å². The minimum absolute atomic E-state index is 0.0457. The van der Waals surface area contributed by atoms with Gasteiger partial charge in [0, 0.05) is 23.2 Å². The first-order valence-electron chi connectivity index (χ1n) is 7.60. The van der Waals surface area contributed by atoms with Gasteiger partial charge in [0.15, 0.2) is 5.69 Å². The van der Waals surface area contributed by atoms with E-state index in [1.54, 1.807) is 18.2 Å². The number of nitrogens with zero attached hydrogens (tertiary/aromatic N) is 3. The van der Waals surface area contributed by atoms with Crippen molar-refractivity contribution in [2.24, 2.45) is 7.05 Å². The van der Waals surface area contributed by atoms with Gasteiger partial charge in [0.1, 0.15) is 11.6 Å². The van der Waals surface area contributed by atoms with E-state index in [4.69, 9.17) is 17.3 Å². The minimum Gasteiger partial charge on any atom is -0.383 e. The molecule has 0 aliphatic rings. The molecule has 140 valence electrons. The zero-order valence-electron chi connectivity index (χ0n) is 13.9. The smallest absolute Gasteiger partial charge is 0.383 e. The van der Waals surface area contributed by atoms with Crippen molar-refractivity contribution in [2.45, 2.75) is 6.18 Å². The number of nitrogens with two attached hydrogens (primary N) is 1. The largest absolute Gasteiger partial charge is 0.435 e. The van der Waals surface area contributed by atoms with E-state index in [2.05, 4.69) is 15.4 Å². The average molecular weight is 396 g/mol. The molecule has 0 fully saturated rings. The number of rotatable bonds is 3. The fourth-order valence-corrected chi connectivity index (χ4v) is 2.63. The van der Waals surface area contributed by atoms with Crippen LogP contribution < -0.4 is 11.1 Å². The number of benzene rings is 1. The second-order valence-corrected chi connectivity index (χ2v) is 6.07. The first-order chi connectivity index (χ1) is 12.6. The normalized spacial score (nSPS) is 11.4. The summed E-state index contributed by atoms with van der Waals surface area (Å²) < 4.78 is 39.5. The zero-order valence-corrected chi connectivity index (χ0v) is 14.6. The molecule has 0 saturated heterocycles. The van der Waals surface area contributed by atoms with Gasteiger partial charge in [-0.15, -0.1) is 0 Å². The molecule has 10 heteroatoms. The molecule has 1 aromatic carbocycles. The number of carbonyl (C=O) groups is 1. The Hall–Kier alpha value is -3.07. The summed E-state index contributed by atoms with van der Waals surface area (Å²) in [7, 11) is 1.37. The van der Waals surface area contributed by atoms with Crippen molar-refractivity contribution in [1.29, 1.82) is 0 Å². The summed E-state index contributed by atoms with van der Waals surface area (Å²) in [5.41, 5.74) is 5.59. The molecule has 3 aromatic rings. The number of aryl methyl sites for hydroxylation is 1. The van der Waals surface area contributed by atoms with Crippen LogP contribution in [0.25, 0.3) is 11.3 Å². The van der Waals surface area contributed by atoms with Crippen LogP contribution in [0.5, 0.6) is 0 Å². The number of carbonyl (C=O) groups excluding carboxylic acids is 1. The summed E-state index contributed by atoms with van der Waals surface area (Å²) in [4.78, 5) is 16.3. The Balaban J connectivity index is 1.86. The lowest BCUT2D eigenvalue weighted by Gasteiger charge is -2.09. The van der Waals surface area contributed by atoms with Crippen LogP contribution in [0.1, 0.15) is 16.1 Å². The highest BCUT2D eigenvalue weighted by atomic mass is 35.5. The Morgan fingerprint density at radius 2 is 1.96 bits per heavy atom. The molecule has 0 spiro atoms. The molecule has 0 saturated carbocycles. The molecule has 1 amide bonds. The van der Waals surface area contributed by atoms with E-state index in [0.29, 0.717) is 10.6 Å². The van der Waals surface area contributed by atoms with E-state index in [0.717, 1.165) is 10.7 Å². The quantitative estimate of drug-likeness (QED) is 0.702. The number of halogens is 4.